The topological polar surface area (TPSA) is 21.3 Å². The fraction of sp³-hybridized carbons (Fsp3) is 0.500. The Labute approximate surface area is 97.8 Å². The Morgan fingerprint density at radius 2 is 2.18 bits per heavy atom. The average molecular weight is 245 g/mol. The zero-order valence-electron chi connectivity index (χ0n) is 9.26. The molecule has 0 radical (unpaired) electrons. The van der Waals surface area contributed by atoms with Gasteiger partial charge in [-0.15, -0.1) is 0 Å². The van der Waals surface area contributed by atoms with Crippen LogP contribution in [0, 0.1) is 11.6 Å². The molecule has 1 fully saturated rings. The van der Waals surface area contributed by atoms with Gasteiger partial charge in [0.05, 0.1) is 12.6 Å². The van der Waals surface area contributed by atoms with E-state index in [-0.39, 0.29) is 12.1 Å². The van der Waals surface area contributed by atoms with Gasteiger partial charge in [0.15, 0.2) is 0 Å². The highest BCUT2D eigenvalue weighted by molar-refractivity contribution is 5.18. The Bertz CT molecular complexity index is 386. The van der Waals surface area contributed by atoms with Crippen LogP contribution in [0.25, 0.3) is 0 Å². The smallest absolute Gasteiger partial charge is 0.214 e. The second-order valence-corrected chi connectivity index (χ2v) is 4.09. The molecule has 0 amide bonds. The molecule has 94 valence electrons. The minimum Gasteiger partial charge on any atom is -0.347 e. The van der Waals surface area contributed by atoms with Gasteiger partial charge < -0.3 is 10.1 Å². The molecule has 5 heteroatoms. The van der Waals surface area contributed by atoms with Crippen molar-refractivity contribution in [3.8, 4) is 0 Å². The number of hydrogen-bond donors (Lipinski definition) is 1. The first-order chi connectivity index (χ1) is 8.16. The lowest BCUT2D eigenvalue weighted by molar-refractivity contribution is -0.0897. The van der Waals surface area contributed by atoms with E-state index in [9.17, 15) is 13.2 Å². The van der Waals surface area contributed by atoms with Crippen molar-refractivity contribution in [2.45, 2.75) is 31.8 Å². The Morgan fingerprint density at radius 1 is 1.35 bits per heavy atom. The van der Waals surface area contributed by atoms with Crippen LogP contribution in [0.4, 0.5) is 13.2 Å². The molecule has 1 aliphatic rings. The molecule has 2 atom stereocenters. The quantitative estimate of drug-likeness (QED) is 0.883. The van der Waals surface area contributed by atoms with E-state index in [1.165, 1.54) is 0 Å². The number of benzene rings is 1. The van der Waals surface area contributed by atoms with Gasteiger partial charge in [-0.05, 0) is 31.0 Å². The summed E-state index contributed by atoms with van der Waals surface area (Å²) in [5.74, 6) is -0.995. The molecule has 1 aromatic carbocycles. The maximum absolute atomic E-state index is 13.3. The van der Waals surface area contributed by atoms with Crippen LogP contribution in [-0.2, 0) is 11.3 Å². The molecule has 0 aliphatic carbocycles. The number of ether oxygens (including phenoxy) is 1. The van der Waals surface area contributed by atoms with Crippen LogP contribution in [0.5, 0.6) is 0 Å². The first kappa shape index (κ1) is 12.4. The van der Waals surface area contributed by atoms with Gasteiger partial charge in [-0.1, -0.05) is 0 Å². The molecule has 2 nitrogen and oxygen atoms in total. The molecular weight excluding hydrogens is 231 g/mol. The van der Waals surface area contributed by atoms with Crippen molar-refractivity contribution in [2.24, 2.45) is 0 Å². The lowest BCUT2D eigenvalue weighted by Gasteiger charge is -2.27. The van der Waals surface area contributed by atoms with E-state index < -0.39 is 24.0 Å². The van der Waals surface area contributed by atoms with Gasteiger partial charge in [-0.25, -0.2) is 13.2 Å². The SMILES string of the molecule is Fc1ccc(F)c(CNC2CCCOC2F)c1. The van der Waals surface area contributed by atoms with Gasteiger partial charge in [0, 0.05) is 12.1 Å². The van der Waals surface area contributed by atoms with E-state index >= 15 is 0 Å². The summed E-state index contributed by atoms with van der Waals surface area (Å²) in [4.78, 5) is 0. The molecule has 1 heterocycles. The predicted octanol–water partition coefficient (Wildman–Crippen LogP) is 2.53. The summed E-state index contributed by atoms with van der Waals surface area (Å²) in [7, 11) is 0. The summed E-state index contributed by atoms with van der Waals surface area (Å²) < 4.78 is 44.3. The lowest BCUT2D eigenvalue weighted by atomic mass is 10.1. The highest BCUT2D eigenvalue weighted by Crippen LogP contribution is 2.16. The van der Waals surface area contributed by atoms with E-state index in [1.807, 2.05) is 0 Å². The number of halogens is 3. The first-order valence-corrected chi connectivity index (χ1v) is 5.60. The molecule has 1 N–H and O–H groups in total. The monoisotopic (exact) mass is 245 g/mol. The van der Waals surface area contributed by atoms with Crippen LogP contribution in [-0.4, -0.2) is 19.0 Å². The molecule has 1 aromatic rings. The van der Waals surface area contributed by atoms with Crippen molar-refractivity contribution in [3.05, 3.63) is 35.4 Å². The summed E-state index contributed by atoms with van der Waals surface area (Å²) >= 11 is 0. The molecule has 17 heavy (non-hydrogen) atoms. The third-order valence-electron chi connectivity index (χ3n) is 2.82. The third kappa shape index (κ3) is 3.20. The van der Waals surface area contributed by atoms with Crippen LogP contribution < -0.4 is 5.32 Å². The van der Waals surface area contributed by atoms with E-state index in [1.54, 1.807) is 0 Å². The molecule has 1 saturated heterocycles. The zero-order chi connectivity index (χ0) is 12.3. The van der Waals surface area contributed by atoms with Gasteiger partial charge in [0.25, 0.3) is 0 Å². The van der Waals surface area contributed by atoms with Crippen LogP contribution in [0.2, 0.25) is 0 Å². The van der Waals surface area contributed by atoms with Gasteiger partial charge in [-0.3, -0.25) is 0 Å². The van der Waals surface area contributed by atoms with Crippen LogP contribution in [0.1, 0.15) is 18.4 Å². The number of hydrogen-bond acceptors (Lipinski definition) is 2. The Hall–Kier alpha value is -1.07. The molecule has 0 bridgehead atoms. The minimum atomic E-state index is -1.37. The fourth-order valence-corrected chi connectivity index (χ4v) is 1.86. The highest BCUT2D eigenvalue weighted by Gasteiger charge is 2.25. The largest absolute Gasteiger partial charge is 0.347 e. The molecule has 0 spiro atoms. The molecule has 0 saturated carbocycles. The minimum absolute atomic E-state index is 0.0953. The van der Waals surface area contributed by atoms with Crippen LogP contribution in [0.15, 0.2) is 18.2 Å². The molecule has 1 aliphatic heterocycles. The maximum Gasteiger partial charge on any atom is 0.214 e. The van der Waals surface area contributed by atoms with Crippen molar-refractivity contribution in [1.29, 1.82) is 0 Å². The number of alkyl halides is 1. The number of rotatable bonds is 3. The third-order valence-corrected chi connectivity index (χ3v) is 2.82. The van der Waals surface area contributed by atoms with E-state index in [0.717, 1.165) is 24.6 Å². The van der Waals surface area contributed by atoms with Gasteiger partial charge in [0.1, 0.15) is 11.6 Å². The van der Waals surface area contributed by atoms with Crippen LogP contribution in [0.3, 0.4) is 0 Å². The van der Waals surface area contributed by atoms with Gasteiger partial charge in [-0.2, -0.15) is 0 Å². The molecular formula is C12H14F3NO. The second kappa shape index (κ2) is 5.51. The number of nitrogens with one attached hydrogen (secondary N) is 1. The Morgan fingerprint density at radius 3 is 2.94 bits per heavy atom. The molecule has 2 unspecified atom stereocenters. The van der Waals surface area contributed by atoms with E-state index in [0.29, 0.717) is 13.0 Å². The predicted molar refractivity (Wildman–Crippen MR) is 57.1 cm³/mol. The van der Waals surface area contributed by atoms with E-state index in [4.69, 9.17) is 4.74 Å². The van der Waals surface area contributed by atoms with Crippen molar-refractivity contribution in [1.82, 2.24) is 5.32 Å². The van der Waals surface area contributed by atoms with Crippen molar-refractivity contribution in [3.63, 3.8) is 0 Å². The summed E-state index contributed by atoms with van der Waals surface area (Å²) in [6.45, 7) is 0.506. The normalized spacial score (nSPS) is 24.9. The fourth-order valence-electron chi connectivity index (χ4n) is 1.86. The second-order valence-electron chi connectivity index (χ2n) is 4.09. The molecule has 0 aromatic heterocycles. The summed E-state index contributed by atoms with van der Waals surface area (Å²) in [5.41, 5.74) is 0.197. The summed E-state index contributed by atoms with van der Waals surface area (Å²) in [6, 6.07) is 2.78. The van der Waals surface area contributed by atoms with Gasteiger partial charge in [0.2, 0.25) is 6.36 Å². The Kier molecular flexibility index (Phi) is 4.02. The summed E-state index contributed by atoms with van der Waals surface area (Å²) in [6.07, 6.45) is 0.0299. The standard InChI is InChI=1S/C12H14F3NO/c13-9-3-4-10(14)8(6-9)7-16-11-2-1-5-17-12(11)15/h3-4,6,11-12,16H,1-2,5,7H2. The maximum atomic E-state index is 13.3. The zero-order valence-corrected chi connectivity index (χ0v) is 9.26. The summed E-state index contributed by atoms with van der Waals surface area (Å²) in [5, 5.41) is 2.85. The average Bonchev–Trinajstić information content (AvgIpc) is 2.32. The van der Waals surface area contributed by atoms with Crippen molar-refractivity contribution in [2.75, 3.05) is 6.61 Å². The first-order valence-electron chi connectivity index (χ1n) is 5.60. The highest BCUT2D eigenvalue weighted by atomic mass is 19.1. The molecule has 2 rings (SSSR count). The Balaban J connectivity index is 1.94. The van der Waals surface area contributed by atoms with Crippen LogP contribution >= 0.6 is 0 Å². The van der Waals surface area contributed by atoms with E-state index in [2.05, 4.69) is 5.32 Å². The lowest BCUT2D eigenvalue weighted by Crippen LogP contribution is -2.42. The van der Waals surface area contributed by atoms with Crippen molar-refractivity contribution < 1.29 is 17.9 Å². The van der Waals surface area contributed by atoms with Crippen molar-refractivity contribution >= 4 is 0 Å². The van der Waals surface area contributed by atoms with Gasteiger partial charge >= 0.3 is 0 Å².